The molecule has 5 rings (SSSR count). The van der Waals surface area contributed by atoms with E-state index in [9.17, 15) is 14.0 Å². The number of tetrazole rings is 1. The maximum atomic E-state index is 14.2. The minimum Gasteiger partial charge on any atom is -0.497 e. The summed E-state index contributed by atoms with van der Waals surface area (Å²) in [6.45, 7) is 1.53. The van der Waals surface area contributed by atoms with Gasteiger partial charge in [0.05, 0.1) is 12.1 Å². The zero-order valence-corrected chi connectivity index (χ0v) is 24.5. The van der Waals surface area contributed by atoms with E-state index in [1.54, 1.807) is 62.6 Å². The molecule has 0 aliphatic heterocycles. The molecule has 0 unspecified atom stereocenters. The Morgan fingerprint density at radius 3 is 2.44 bits per heavy atom. The molecule has 0 bridgehead atoms. The number of anilines is 1. The quantitative estimate of drug-likeness (QED) is 0.210. The number of rotatable bonds is 10. The third-order valence-corrected chi connectivity index (χ3v) is 7.00. The van der Waals surface area contributed by atoms with Crippen LogP contribution in [0.5, 0.6) is 5.75 Å². The van der Waals surface area contributed by atoms with Crippen LogP contribution in [0.2, 0.25) is 10.0 Å². The number of amides is 2. The van der Waals surface area contributed by atoms with Gasteiger partial charge in [0.15, 0.2) is 5.76 Å². The first-order chi connectivity index (χ1) is 20.7. The van der Waals surface area contributed by atoms with Crippen LogP contribution in [-0.4, -0.2) is 39.1 Å². The Kier molecular flexibility index (Phi) is 9.03. The Hall–Kier alpha value is -4.74. The van der Waals surface area contributed by atoms with E-state index >= 15 is 0 Å². The Morgan fingerprint density at radius 2 is 1.79 bits per heavy atom. The first-order valence-electron chi connectivity index (χ1n) is 13.0. The average Bonchev–Trinajstić information content (AvgIpc) is 3.65. The summed E-state index contributed by atoms with van der Waals surface area (Å²) in [5.74, 6) is 0.117. The van der Waals surface area contributed by atoms with E-state index < -0.39 is 30.2 Å². The van der Waals surface area contributed by atoms with E-state index in [0.29, 0.717) is 27.9 Å². The Morgan fingerprint density at radius 1 is 1.05 bits per heavy atom. The van der Waals surface area contributed by atoms with Gasteiger partial charge in [-0.15, -0.1) is 10.2 Å². The maximum absolute atomic E-state index is 14.2. The summed E-state index contributed by atoms with van der Waals surface area (Å²) in [5.41, 5.74) is 1.43. The largest absolute Gasteiger partial charge is 0.497 e. The Bertz CT molecular complexity index is 1740. The zero-order chi connectivity index (χ0) is 30.5. The average molecular weight is 623 g/mol. The monoisotopic (exact) mass is 622 g/mol. The molecular formula is C30H25Cl2FN6O4. The topological polar surface area (TPSA) is 115 Å². The van der Waals surface area contributed by atoms with Crippen LogP contribution in [0.3, 0.4) is 0 Å². The highest BCUT2D eigenvalue weighted by atomic mass is 35.5. The van der Waals surface area contributed by atoms with Gasteiger partial charge in [0.2, 0.25) is 11.7 Å². The molecule has 0 saturated carbocycles. The molecule has 13 heteroatoms. The molecule has 2 aromatic heterocycles. The number of aryl methyl sites for hydroxylation is 1. The Balaban J connectivity index is 1.50. The van der Waals surface area contributed by atoms with Crippen LogP contribution in [0.1, 0.15) is 22.9 Å². The molecule has 5 aromatic rings. The summed E-state index contributed by atoms with van der Waals surface area (Å²) in [5, 5.41) is 15.3. The summed E-state index contributed by atoms with van der Waals surface area (Å²) in [6.07, 6.45) is 0. The van der Waals surface area contributed by atoms with Gasteiger partial charge in [0.1, 0.15) is 29.9 Å². The number of furan rings is 1. The summed E-state index contributed by atoms with van der Waals surface area (Å²) in [7, 11) is 1.56. The van der Waals surface area contributed by atoms with Gasteiger partial charge in [-0.3, -0.25) is 14.5 Å². The summed E-state index contributed by atoms with van der Waals surface area (Å²) >= 11 is 12.3. The number of nitrogens with zero attached hydrogens (tertiary/aromatic N) is 5. The van der Waals surface area contributed by atoms with Gasteiger partial charge in [0, 0.05) is 17.3 Å². The van der Waals surface area contributed by atoms with Gasteiger partial charge in [-0.1, -0.05) is 47.5 Å². The number of benzene rings is 3. The van der Waals surface area contributed by atoms with Gasteiger partial charge >= 0.3 is 0 Å². The highest BCUT2D eigenvalue weighted by molar-refractivity contribution is 6.31. The van der Waals surface area contributed by atoms with Crippen molar-refractivity contribution >= 4 is 40.7 Å². The van der Waals surface area contributed by atoms with Crippen LogP contribution in [-0.2, 0) is 22.7 Å². The van der Waals surface area contributed by atoms with E-state index in [4.69, 9.17) is 32.4 Å². The van der Waals surface area contributed by atoms with E-state index in [2.05, 4.69) is 20.7 Å². The molecule has 220 valence electrons. The molecule has 43 heavy (non-hydrogen) atoms. The molecule has 0 fully saturated rings. The highest BCUT2D eigenvalue weighted by Crippen LogP contribution is 2.32. The summed E-state index contributed by atoms with van der Waals surface area (Å²) in [6, 6.07) is 19.7. The second kappa shape index (κ2) is 13.1. The SMILES string of the molecule is COc1ccc(CNC(=O)[C@H](c2ccc(Cl)cc2)N(C(=O)Cn2nnc(-c3ccc(C)o3)n2)c2ccc(F)c(Cl)c2)cc1. The van der Waals surface area contributed by atoms with Crippen molar-refractivity contribution in [2.45, 2.75) is 26.1 Å². The lowest BCUT2D eigenvalue weighted by atomic mass is 10.0. The molecule has 0 radical (unpaired) electrons. The Labute approximate surface area is 256 Å². The first-order valence-corrected chi connectivity index (χ1v) is 13.8. The molecule has 10 nitrogen and oxygen atoms in total. The number of ether oxygens (including phenoxy) is 1. The van der Waals surface area contributed by atoms with Gasteiger partial charge in [-0.25, -0.2) is 4.39 Å². The van der Waals surface area contributed by atoms with Crippen molar-refractivity contribution in [1.82, 2.24) is 25.5 Å². The van der Waals surface area contributed by atoms with Crippen molar-refractivity contribution in [3.05, 3.63) is 112 Å². The number of hydrogen-bond acceptors (Lipinski definition) is 7. The molecule has 0 spiro atoms. The molecule has 0 aliphatic carbocycles. The van der Waals surface area contributed by atoms with Gasteiger partial charge in [-0.2, -0.15) is 4.80 Å². The summed E-state index contributed by atoms with van der Waals surface area (Å²) < 4.78 is 24.9. The van der Waals surface area contributed by atoms with Crippen molar-refractivity contribution in [3.63, 3.8) is 0 Å². The number of halogens is 3. The lowest BCUT2D eigenvalue weighted by Crippen LogP contribution is -2.45. The number of hydrogen-bond donors (Lipinski definition) is 1. The van der Waals surface area contributed by atoms with Crippen molar-refractivity contribution in [1.29, 1.82) is 0 Å². The minimum absolute atomic E-state index is 0.162. The van der Waals surface area contributed by atoms with Gasteiger partial charge in [0.25, 0.3) is 5.91 Å². The van der Waals surface area contributed by atoms with Crippen LogP contribution in [0.4, 0.5) is 10.1 Å². The van der Waals surface area contributed by atoms with Gasteiger partial charge < -0.3 is 14.5 Å². The van der Waals surface area contributed by atoms with Crippen molar-refractivity contribution in [2.75, 3.05) is 12.0 Å². The van der Waals surface area contributed by atoms with E-state index in [-0.39, 0.29) is 23.1 Å². The van der Waals surface area contributed by atoms with Crippen LogP contribution >= 0.6 is 23.2 Å². The second-order valence-corrected chi connectivity index (χ2v) is 10.3. The van der Waals surface area contributed by atoms with Gasteiger partial charge in [-0.05, 0) is 77.9 Å². The fraction of sp³-hybridized carbons (Fsp3) is 0.167. The second-order valence-electron chi connectivity index (χ2n) is 9.44. The standard InChI is InChI=1S/C30H25Cl2FN6O4/c1-18-3-14-26(43-18)29-35-37-38(36-29)17-27(40)39(22-10-13-25(33)24(32)15-22)28(20-6-8-21(31)9-7-20)30(41)34-16-19-4-11-23(42-2)12-5-19/h3-15,28H,16-17H2,1-2H3,(H,34,41)/t28-/m0/s1. The van der Waals surface area contributed by atoms with Crippen molar-refractivity contribution < 1.29 is 23.1 Å². The molecule has 2 amide bonds. The highest BCUT2D eigenvalue weighted by Gasteiger charge is 2.34. The summed E-state index contributed by atoms with van der Waals surface area (Å²) in [4.78, 5) is 30.2. The van der Waals surface area contributed by atoms with Crippen LogP contribution in [0.15, 0.2) is 83.3 Å². The van der Waals surface area contributed by atoms with Crippen LogP contribution in [0, 0.1) is 12.7 Å². The number of carbonyl (C=O) groups excluding carboxylic acids is 2. The third kappa shape index (κ3) is 7.02. The molecule has 0 saturated heterocycles. The fourth-order valence-corrected chi connectivity index (χ4v) is 4.63. The van der Waals surface area contributed by atoms with Crippen molar-refractivity contribution in [2.24, 2.45) is 0 Å². The van der Waals surface area contributed by atoms with Crippen molar-refractivity contribution in [3.8, 4) is 17.3 Å². The molecule has 1 atom stereocenters. The lowest BCUT2D eigenvalue weighted by Gasteiger charge is -2.31. The number of nitrogens with one attached hydrogen (secondary N) is 1. The third-order valence-electron chi connectivity index (χ3n) is 6.46. The molecular weight excluding hydrogens is 598 g/mol. The predicted molar refractivity (Wildman–Crippen MR) is 158 cm³/mol. The minimum atomic E-state index is -1.21. The van der Waals surface area contributed by atoms with Crippen LogP contribution < -0.4 is 15.0 Å². The van der Waals surface area contributed by atoms with E-state index in [1.165, 1.54) is 17.0 Å². The first kappa shape index (κ1) is 29.7. The molecule has 0 aliphatic rings. The van der Waals surface area contributed by atoms with E-state index in [0.717, 1.165) is 16.4 Å². The molecule has 2 heterocycles. The van der Waals surface area contributed by atoms with E-state index in [1.807, 2.05) is 12.1 Å². The fourth-order valence-electron chi connectivity index (χ4n) is 4.32. The number of carbonyl (C=O) groups is 2. The van der Waals surface area contributed by atoms with Crippen LogP contribution in [0.25, 0.3) is 11.6 Å². The molecule has 3 aromatic carbocycles. The predicted octanol–water partition coefficient (Wildman–Crippen LogP) is 5.79. The smallest absolute Gasteiger partial charge is 0.251 e. The maximum Gasteiger partial charge on any atom is 0.251 e. The number of methoxy groups -OCH3 is 1. The number of aromatic nitrogens is 4. The zero-order valence-electron chi connectivity index (χ0n) is 23.0. The normalized spacial score (nSPS) is 11.7. The lowest BCUT2D eigenvalue weighted by molar-refractivity contribution is -0.127. The molecule has 1 N–H and O–H groups in total.